The summed E-state index contributed by atoms with van der Waals surface area (Å²) < 4.78 is 10.3. The Balaban J connectivity index is 2.45. The van der Waals surface area contributed by atoms with Crippen molar-refractivity contribution in [3.8, 4) is 11.5 Å². The monoisotopic (exact) mass is 398 g/mol. The first kappa shape index (κ1) is 17.5. The molecule has 0 atom stereocenters. The molecule has 0 aliphatic carbocycles. The van der Waals surface area contributed by atoms with Crippen molar-refractivity contribution in [1.82, 2.24) is 0 Å². The molecule has 0 fully saturated rings. The summed E-state index contributed by atoms with van der Waals surface area (Å²) in [4.78, 5) is 12.3. The van der Waals surface area contributed by atoms with Crippen LogP contribution in [0.2, 0.25) is 25.1 Å². The van der Waals surface area contributed by atoms with Crippen LogP contribution in [-0.4, -0.2) is 13.1 Å². The molecule has 2 rings (SSSR count). The third-order valence-electron chi connectivity index (χ3n) is 2.69. The average Bonchev–Trinajstić information content (AvgIpc) is 2.54. The zero-order valence-corrected chi connectivity index (χ0v) is 14.7. The molecule has 0 N–H and O–H groups in total. The minimum atomic E-state index is -0.726. The van der Waals surface area contributed by atoms with Crippen LogP contribution in [0.3, 0.4) is 0 Å². The van der Waals surface area contributed by atoms with E-state index in [9.17, 15) is 4.79 Å². The van der Waals surface area contributed by atoms with E-state index in [1.54, 1.807) is 18.2 Å². The van der Waals surface area contributed by atoms with Gasteiger partial charge in [0.25, 0.3) is 0 Å². The number of ether oxygens (including phenoxy) is 2. The van der Waals surface area contributed by atoms with Gasteiger partial charge < -0.3 is 9.47 Å². The molecule has 0 aliphatic rings. The molecule has 8 heteroatoms. The number of carbonyl (C=O) groups is 1. The Morgan fingerprint density at radius 1 is 0.864 bits per heavy atom. The fourth-order valence-electron chi connectivity index (χ4n) is 1.64. The van der Waals surface area contributed by atoms with E-state index in [1.165, 1.54) is 13.2 Å². The van der Waals surface area contributed by atoms with E-state index in [0.29, 0.717) is 5.75 Å². The topological polar surface area (TPSA) is 35.5 Å². The van der Waals surface area contributed by atoms with Gasteiger partial charge in [-0.1, -0.05) is 70.1 Å². The summed E-state index contributed by atoms with van der Waals surface area (Å²) in [5, 5.41) is -0.342. The van der Waals surface area contributed by atoms with Crippen molar-refractivity contribution in [2.45, 2.75) is 0 Å². The molecule has 0 spiro atoms. The highest BCUT2D eigenvalue weighted by Gasteiger charge is 2.24. The van der Waals surface area contributed by atoms with Crippen LogP contribution in [0.25, 0.3) is 0 Å². The van der Waals surface area contributed by atoms with E-state index in [1.807, 2.05) is 0 Å². The van der Waals surface area contributed by atoms with Crippen molar-refractivity contribution < 1.29 is 14.3 Å². The smallest absolute Gasteiger partial charge is 0.347 e. The summed E-state index contributed by atoms with van der Waals surface area (Å²) in [6.07, 6.45) is 0. The van der Waals surface area contributed by atoms with Gasteiger partial charge in [0.1, 0.15) is 21.4 Å². The van der Waals surface area contributed by atoms with E-state index >= 15 is 0 Å². The maximum absolute atomic E-state index is 12.3. The van der Waals surface area contributed by atoms with Crippen molar-refractivity contribution >= 4 is 64.0 Å². The quantitative estimate of drug-likeness (QED) is 0.267. The third kappa shape index (κ3) is 3.24. The second-order valence-corrected chi connectivity index (χ2v) is 5.88. The van der Waals surface area contributed by atoms with Crippen LogP contribution in [0.5, 0.6) is 11.5 Å². The number of halogens is 5. The summed E-state index contributed by atoms with van der Waals surface area (Å²) in [6.45, 7) is 0. The Bertz CT molecular complexity index is 716. The number of hydrogen-bond donors (Lipinski definition) is 0. The first-order chi connectivity index (χ1) is 10.4. The fraction of sp³-hybridized carbons (Fsp3) is 0.0714. The van der Waals surface area contributed by atoms with Crippen LogP contribution in [-0.2, 0) is 0 Å². The lowest BCUT2D eigenvalue weighted by Crippen LogP contribution is -2.11. The molecular weight excluding hydrogens is 393 g/mol. The largest absolute Gasteiger partial charge is 0.496 e. The van der Waals surface area contributed by atoms with Gasteiger partial charge in [0.15, 0.2) is 5.75 Å². The Kier molecular flexibility index (Phi) is 5.70. The summed E-state index contributed by atoms with van der Waals surface area (Å²) in [5.74, 6) is -0.555. The predicted molar refractivity (Wildman–Crippen MR) is 89.4 cm³/mol. The average molecular weight is 400 g/mol. The van der Waals surface area contributed by atoms with Crippen molar-refractivity contribution in [3.63, 3.8) is 0 Å². The molecule has 0 heterocycles. The van der Waals surface area contributed by atoms with E-state index in [-0.39, 0.29) is 36.4 Å². The summed E-state index contributed by atoms with van der Waals surface area (Å²) in [5.41, 5.74) is 0.194. The second-order valence-electron chi connectivity index (χ2n) is 3.99. The summed E-state index contributed by atoms with van der Waals surface area (Å²) >= 11 is 29.7. The van der Waals surface area contributed by atoms with Gasteiger partial charge in [-0.3, -0.25) is 0 Å². The Morgan fingerprint density at radius 2 is 1.36 bits per heavy atom. The first-order valence-corrected chi connectivity index (χ1v) is 7.64. The van der Waals surface area contributed by atoms with E-state index in [2.05, 4.69) is 0 Å². The zero-order valence-electron chi connectivity index (χ0n) is 10.9. The van der Waals surface area contributed by atoms with Crippen LogP contribution < -0.4 is 9.47 Å². The number of rotatable bonds is 3. The Labute approximate surface area is 151 Å². The van der Waals surface area contributed by atoms with E-state index in [0.717, 1.165) is 0 Å². The number of carbonyl (C=O) groups excluding carboxylic acids is 1. The highest BCUT2D eigenvalue weighted by atomic mass is 35.5. The SMILES string of the molecule is COc1ccccc1C(=O)Oc1c(Cl)c(Cl)c(Cl)c(Cl)c1Cl. The van der Waals surface area contributed by atoms with E-state index in [4.69, 9.17) is 67.5 Å². The first-order valence-electron chi connectivity index (χ1n) is 5.75. The van der Waals surface area contributed by atoms with Gasteiger partial charge in [-0.25, -0.2) is 4.79 Å². The van der Waals surface area contributed by atoms with Crippen molar-refractivity contribution in [2.75, 3.05) is 7.11 Å². The van der Waals surface area contributed by atoms with Gasteiger partial charge in [0.2, 0.25) is 0 Å². The van der Waals surface area contributed by atoms with Gasteiger partial charge >= 0.3 is 5.97 Å². The molecule has 22 heavy (non-hydrogen) atoms. The Hall–Kier alpha value is -0.840. The fourth-order valence-corrected chi connectivity index (χ4v) is 2.83. The van der Waals surface area contributed by atoms with E-state index < -0.39 is 5.97 Å². The molecule has 116 valence electrons. The molecule has 2 aromatic rings. The second kappa shape index (κ2) is 7.16. The number of esters is 1. The molecule has 2 aromatic carbocycles. The summed E-state index contributed by atoms with van der Waals surface area (Å²) in [7, 11) is 1.43. The standard InChI is InChI=1S/C14H7Cl5O3/c1-21-7-5-3-2-4-6(7)14(20)22-13-11(18)9(16)8(15)10(17)12(13)19/h2-5H,1H3. The van der Waals surface area contributed by atoms with Crippen LogP contribution in [0, 0.1) is 0 Å². The molecule has 0 amide bonds. The highest BCUT2D eigenvalue weighted by Crippen LogP contribution is 2.48. The maximum atomic E-state index is 12.3. The Morgan fingerprint density at radius 3 is 1.91 bits per heavy atom. The lowest BCUT2D eigenvalue weighted by molar-refractivity contribution is 0.0731. The van der Waals surface area contributed by atoms with Crippen LogP contribution in [0.15, 0.2) is 24.3 Å². The molecule has 3 nitrogen and oxygen atoms in total. The van der Waals surface area contributed by atoms with Crippen molar-refractivity contribution in [3.05, 3.63) is 54.9 Å². The van der Waals surface area contributed by atoms with Crippen LogP contribution in [0.1, 0.15) is 10.4 Å². The maximum Gasteiger partial charge on any atom is 0.347 e. The van der Waals surface area contributed by atoms with Gasteiger partial charge in [0, 0.05) is 0 Å². The van der Waals surface area contributed by atoms with Gasteiger partial charge in [0.05, 0.1) is 22.2 Å². The lowest BCUT2D eigenvalue weighted by atomic mass is 10.2. The summed E-state index contributed by atoms with van der Waals surface area (Å²) in [6, 6.07) is 6.51. The molecule has 0 saturated heterocycles. The third-order valence-corrected chi connectivity index (χ3v) is 4.93. The van der Waals surface area contributed by atoms with Gasteiger partial charge in [-0.15, -0.1) is 0 Å². The van der Waals surface area contributed by atoms with Crippen molar-refractivity contribution in [2.24, 2.45) is 0 Å². The van der Waals surface area contributed by atoms with Gasteiger partial charge in [-0.2, -0.15) is 0 Å². The van der Waals surface area contributed by atoms with Crippen LogP contribution >= 0.6 is 58.0 Å². The normalized spacial score (nSPS) is 10.5. The molecule has 0 aromatic heterocycles. The highest BCUT2D eigenvalue weighted by molar-refractivity contribution is 6.55. The predicted octanol–water partition coefficient (Wildman–Crippen LogP) is 6.18. The molecule has 0 radical (unpaired) electrons. The number of para-hydroxylation sites is 1. The minimum absolute atomic E-state index is 0.0181. The molecule has 0 bridgehead atoms. The number of hydrogen-bond acceptors (Lipinski definition) is 3. The molecule has 0 saturated carbocycles. The number of benzene rings is 2. The number of methoxy groups -OCH3 is 1. The van der Waals surface area contributed by atoms with Gasteiger partial charge in [-0.05, 0) is 12.1 Å². The minimum Gasteiger partial charge on any atom is -0.496 e. The molecule has 0 unspecified atom stereocenters. The molecule has 0 aliphatic heterocycles. The van der Waals surface area contributed by atoms with Crippen molar-refractivity contribution in [1.29, 1.82) is 0 Å². The van der Waals surface area contributed by atoms with Crippen LogP contribution in [0.4, 0.5) is 0 Å². The zero-order chi connectivity index (χ0) is 16.4. The lowest BCUT2D eigenvalue weighted by Gasteiger charge is -2.13. The molecular formula is C14H7Cl5O3.